The molecule has 1 aliphatic rings. The summed E-state index contributed by atoms with van der Waals surface area (Å²) in [7, 11) is 2.25. The van der Waals surface area contributed by atoms with Crippen molar-refractivity contribution in [2.24, 2.45) is 0 Å². The summed E-state index contributed by atoms with van der Waals surface area (Å²) < 4.78 is 1.42. The maximum absolute atomic E-state index is 3.49. The molecular weight excluding hydrogens is 240 g/mol. The van der Waals surface area contributed by atoms with Crippen molar-refractivity contribution < 1.29 is 0 Å². The number of nitrogens with one attached hydrogen (secondary N) is 1. The number of nitrogens with zero attached hydrogens (tertiary/aromatic N) is 1. The Kier molecular flexibility index (Phi) is 3.64. The summed E-state index contributed by atoms with van der Waals surface area (Å²) in [4.78, 5) is 2.49. The highest BCUT2D eigenvalue weighted by atomic mass is 32.1. The average molecular weight is 260 g/mol. The van der Waals surface area contributed by atoms with Gasteiger partial charge in [0, 0.05) is 30.4 Å². The van der Waals surface area contributed by atoms with Crippen LogP contribution in [0.3, 0.4) is 0 Å². The van der Waals surface area contributed by atoms with Gasteiger partial charge in [-0.05, 0) is 42.3 Å². The van der Waals surface area contributed by atoms with E-state index in [1.165, 1.54) is 35.0 Å². The van der Waals surface area contributed by atoms with Gasteiger partial charge in [0.15, 0.2) is 0 Å². The molecule has 18 heavy (non-hydrogen) atoms. The van der Waals surface area contributed by atoms with Crippen molar-refractivity contribution in [3.8, 4) is 0 Å². The van der Waals surface area contributed by atoms with Crippen LogP contribution in [0, 0.1) is 0 Å². The van der Waals surface area contributed by atoms with E-state index in [1.807, 2.05) is 11.3 Å². The first-order chi connectivity index (χ1) is 8.84. The van der Waals surface area contributed by atoms with Gasteiger partial charge in [-0.2, -0.15) is 0 Å². The van der Waals surface area contributed by atoms with Gasteiger partial charge in [-0.1, -0.05) is 18.2 Å². The molecule has 2 heterocycles. The molecule has 2 nitrogen and oxygen atoms in total. The molecule has 1 aromatic heterocycles. The van der Waals surface area contributed by atoms with Gasteiger partial charge in [-0.3, -0.25) is 0 Å². The summed E-state index contributed by atoms with van der Waals surface area (Å²) in [5.41, 5.74) is 1.52. The standard InChI is InChI=1S/C15H20N2S/c1-17-9-8-16-10-13(17)7-6-12-11-18-15-5-3-2-4-14(12)15/h2-5,11,13,16H,6-10H2,1H3. The van der Waals surface area contributed by atoms with Gasteiger partial charge in [-0.15, -0.1) is 11.3 Å². The van der Waals surface area contributed by atoms with Gasteiger partial charge in [-0.25, -0.2) is 0 Å². The number of likely N-dealkylation sites (N-methyl/N-ethyl adjacent to an activating group) is 1. The number of aryl methyl sites for hydroxylation is 1. The molecule has 1 unspecified atom stereocenters. The van der Waals surface area contributed by atoms with Crippen molar-refractivity contribution in [1.29, 1.82) is 0 Å². The minimum absolute atomic E-state index is 0.692. The largest absolute Gasteiger partial charge is 0.314 e. The van der Waals surface area contributed by atoms with E-state index in [4.69, 9.17) is 0 Å². The van der Waals surface area contributed by atoms with E-state index in [9.17, 15) is 0 Å². The Morgan fingerprint density at radius 1 is 1.39 bits per heavy atom. The Hall–Kier alpha value is -0.900. The molecule has 1 fully saturated rings. The lowest BCUT2D eigenvalue weighted by Gasteiger charge is -2.33. The number of rotatable bonds is 3. The summed E-state index contributed by atoms with van der Waals surface area (Å²) in [6, 6.07) is 9.44. The second kappa shape index (κ2) is 5.39. The average Bonchev–Trinajstić information content (AvgIpc) is 2.81. The van der Waals surface area contributed by atoms with E-state index in [-0.39, 0.29) is 0 Å². The molecule has 0 amide bonds. The zero-order valence-corrected chi connectivity index (χ0v) is 11.7. The second-order valence-electron chi connectivity index (χ2n) is 5.13. The smallest absolute Gasteiger partial charge is 0.0345 e. The second-order valence-corrected chi connectivity index (χ2v) is 6.05. The number of hydrogen-bond donors (Lipinski definition) is 1. The molecule has 1 aromatic carbocycles. The monoisotopic (exact) mass is 260 g/mol. The summed E-state index contributed by atoms with van der Waals surface area (Å²) in [6.07, 6.45) is 2.45. The van der Waals surface area contributed by atoms with Crippen molar-refractivity contribution in [3.63, 3.8) is 0 Å². The maximum Gasteiger partial charge on any atom is 0.0345 e. The Morgan fingerprint density at radius 2 is 2.28 bits per heavy atom. The Balaban J connectivity index is 1.69. The molecule has 2 aromatic rings. The van der Waals surface area contributed by atoms with Crippen LogP contribution in [-0.4, -0.2) is 37.6 Å². The first kappa shape index (κ1) is 12.2. The van der Waals surface area contributed by atoms with Crippen molar-refractivity contribution in [1.82, 2.24) is 10.2 Å². The zero-order valence-electron chi connectivity index (χ0n) is 10.9. The summed E-state index contributed by atoms with van der Waals surface area (Å²) in [5, 5.41) is 7.28. The first-order valence-corrected chi connectivity index (χ1v) is 7.58. The van der Waals surface area contributed by atoms with Crippen molar-refractivity contribution in [3.05, 3.63) is 35.2 Å². The Morgan fingerprint density at radius 3 is 3.17 bits per heavy atom. The molecule has 1 N–H and O–H groups in total. The molecule has 3 heteroatoms. The van der Waals surface area contributed by atoms with Crippen LogP contribution in [0.4, 0.5) is 0 Å². The zero-order chi connectivity index (χ0) is 12.4. The van der Waals surface area contributed by atoms with E-state index in [1.54, 1.807) is 0 Å². The van der Waals surface area contributed by atoms with Crippen LogP contribution in [0.15, 0.2) is 29.6 Å². The van der Waals surface area contributed by atoms with E-state index in [0.29, 0.717) is 6.04 Å². The molecule has 1 aliphatic heterocycles. The van der Waals surface area contributed by atoms with E-state index >= 15 is 0 Å². The predicted octanol–water partition coefficient (Wildman–Crippen LogP) is 2.74. The lowest BCUT2D eigenvalue weighted by atomic mass is 10.0. The summed E-state index contributed by atoms with van der Waals surface area (Å²) in [6.45, 7) is 3.45. The van der Waals surface area contributed by atoms with Crippen LogP contribution in [0.1, 0.15) is 12.0 Å². The number of thiophene rings is 1. The van der Waals surface area contributed by atoms with Crippen LogP contribution in [0.2, 0.25) is 0 Å². The minimum atomic E-state index is 0.692. The highest BCUT2D eigenvalue weighted by Gasteiger charge is 2.18. The quantitative estimate of drug-likeness (QED) is 0.913. The Bertz CT molecular complexity index is 520. The Labute approximate surface area is 113 Å². The van der Waals surface area contributed by atoms with Gasteiger partial charge in [0.1, 0.15) is 0 Å². The highest BCUT2D eigenvalue weighted by molar-refractivity contribution is 7.17. The van der Waals surface area contributed by atoms with Gasteiger partial charge in [0.25, 0.3) is 0 Å². The van der Waals surface area contributed by atoms with Crippen LogP contribution in [-0.2, 0) is 6.42 Å². The molecule has 0 spiro atoms. The van der Waals surface area contributed by atoms with Crippen molar-refractivity contribution >= 4 is 21.4 Å². The molecular formula is C15H20N2S. The van der Waals surface area contributed by atoms with Gasteiger partial charge < -0.3 is 10.2 Å². The SMILES string of the molecule is CN1CCNCC1CCc1csc2ccccc12. The maximum atomic E-state index is 3.49. The predicted molar refractivity (Wildman–Crippen MR) is 79.4 cm³/mol. The van der Waals surface area contributed by atoms with Gasteiger partial charge in [0.05, 0.1) is 0 Å². The lowest BCUT2D eigenvalue weighted by Crippen LogP contribution is -2.49. The van der Waals surface area contributed by atoms with Gasteiger partial charge >= 0.3 is 0 Å². The van der Waals surface area contributed by atoms with Crippen LogP contribution >= 0.6 is 11.3 Å². The summed E-state index contributed by atoms with van der Waals surface area (Å²) >= 11 is 1.87. The van der Waals surface area contributed by atoms with Crippen molar-refractivity contribution in [2.75, 3.05) is 26.7 Å². The van der Waals surface area contributed by atoms with E-state index in [0.717, 1.165) is 13.1 Å². The number of piperazine rings is 1. The third-order valence-corrected chi connectivity index (χ3v) is 4.96. The van der Waals surface area contributed by atoms with E-state index in [2.05, 4.69) is 46.9 Å². The molecule has 0 saturated carbocycles. The molecule has 3 rings (SSSR count). The van der Waals surface area contributed by atoms with Gasteiger partial charge in [0.2, 0.25) is 0 Å². The third kappa shape index (κ3) is 2.44. The third-order valence-electron chi connectivity index (χ3n) is 3.95. The number of hydrogen-bond acceptors (Lipinski definition) is 3. The normalized spacial score (nSPS) is 21.5. The fourth-order valence-electron chi connectivity index (χ4n) is 2.73. The fraction of sp³-hybridized carbons (Fsp3) is 0.467. The fourth-order valence-corrected chi connectivity index (χ4v) is 3.73. The number of benzene rings is 1. The van der Waals surface area contributed by atoms with Crippen LogP contribution < -0.4 is 5.32 Å². The molecule has 0 radical (unpaired) electrons. The van der Waals surface area contributed by atoms with Crippen molar-refractivity contribution in [2.45, 2.75) is 18.9 Å². The topological polar surface area (TPSA) is 15.3 Å². The molecule has 1 saturated heterocycles. The summed E-state index contributed by atoms with van der Waals surface area (Å²) in [5.74, 6) is 0. The number of fused-ring (bicyclic) bond motifs is 1. The molecule has 1 atom stereocenters. The minimum Gasteiger partial charge on any atom is -0.314 e. The van der Waals surface area contributed by atoms with Crippen LogP contribution in [0.25, 0.3) is 10.1 Å². The highest BCUT2D eigenvalue weighted by Crippen LogP contribution is 2.27. The first-order valence-electron chi connectivity index (χ1n) is 6.70. The molecule has 96 valence electrons. The molecule has 0 bridgehead atoms. The lowest BCUT2D eigenvalue weighted by molar-refractivity contribution is 0.191. The van der Waals surface area contributed by atoms with E-state index < -0.39 is 0 Å². The molecule has 0 aliphatic carbocycles. The van der Waals surface area contributed by atoms with Crippen LogP contribution in [0.5, 0.6) is 0 Å².